The van der Waals surface area contributed by atoms with E-state index in [0.29, 0.717) is 17.7 Å². The van der Waals surface area contributed by atoms with E-state index >= 15 is 0 Å². The molecule has 0 unspecified atom stereocenters. The summed E-state index contributed by atoms with van der Waals surface area (Å²) < 4.78 is 29.0. The molecule has 3 aromatic carbocycles. The molecular formula is C23H19F2N2O. The molecule has 0 saturated carbocycles. The number of carbonyl (C=O) groups is 1. The molecule has 0 aliphatic heterocycles. The Hall–Kier alpha value is -3.21. The second kappa shape index (κ2) is 7.08. The summed E-state index contributed by atoms with van der Waals surface area (Å²) in [5, 5.41) is 1.53. The van der Waals surface area contributed by atoms with Crippen LogP contribution in [0.5, 0.6) is 0 Å². The van der Waals surface area contributed by atoms with Gasteiger partial charge >= 0.3 is 0 Å². The summed E-state index contributed by atoms with van der Waals surface area (Å²) in [6, 6.07) is 16.6. The molecule has 5 heteroatoms. The van der Waals surface area contributed by atoms with E-state index in [-0.39, 0.29) is 0 Å². The topological polar surface area (TPSA) is 48.0 Å². The van der Waals surface area contributed by atoms with Crippen LogP contribution in [0.1, 0.15) is 34.8 Å². The van der Waals surface area contributed by atoms with E-state index in [0.717, 1.165) is 46.3 Å². The van der Waals surface area contributed by atoms with Crippen LogP contribution in [0.2, 0.25) is 0 Å². The van der Waals surface area contributed by atoms with Crippen LogP contribution in [-0.4, -0.2) is 10.5 Å². The lowest BCUT2D eigenvalue weighted by Gasteiger charge is -2.09. The van der Waals surface area contributed by atoms with Gasteiger partial charge in [-0.25, -0.2) is 8.78 Å². The highest BCUT2D eigenvalue weighted by atomic mass is 19.2. The first-order valence-electron chi connectivity index (χ1n) is 9.19. The number of rotatable bonds is 5. The van der Waals surface area contributed by atoms with Gasteiger partial charge in [-0.15, -0.1) is 0 Å². The van der Waals surface area contributed by atoms with Crippen molar-refractivity contribution in [2.24, 2.45) is 5.73 Å². The van der Waals surface area contributed by atoms with Crippen LogP contribution in [0.4, 0.5) is 8.78 Å². The zero-order valence-corrected chi connectivity index (χ0v) is 15.4. The van der Waals surface area contributed by atoms with Crippen LogP contribution >= 0.6 is 0 Å². The minimum Gasteiger partial charge on any atom is -0.366 e. The van der Waals surface area contributed by atoms with Crippen molar-refractivity contribution in [3.63, 3.8) is 0 Å². The number of nitrogens with two attached hydrogens (primary N) is 1. The summed E-state index contributed by atoms with van der Waals surface area (Å²) in [7, 11) is 0. The van der Waals surface area contributed by atoms with Gasteiger partial charge in [0.05, 0.1) is 11.0 Å². The molecule has 0 aliphatic carbocycles. The smallest absolute Gasteiger partial charge is 0.249 e. The summed E-state index contributed by atoms with van der Waals surface area (Å²) in [5.41, 5.74) is 9.47. The minimum absolute atomic E-state index is 0.336. The predicted octanol–water partition coefficient (Wildman–Crippen LogP) is 4.97. The van der Waals surface area contributed by atoms with Crippen molar-refractivity contribution in [1.82, 2.24) is 4.57 Å². The second-order valence-corrected chi connectivity index (χ2v) is 6.92. The third-order valence-corrected chi connectivity index (χ3v) is 4.98. The Kier molecular flexibility index (Phi) is 4.59. The Labute approximate surface area is 161 Å². The molecule has 0 fully saturated rings. The number of hydrogen-bond donors (Lipinski definition) is 1. The quantitative estimate of drug-likeness (QED) is 0.524. The van der Waals surface area contributed by atoms with Gasteiger partial charge in [-0.05, 0) is 53.9 Å². The van der Waals surface area contributed by atoms with Gasteiger partial charge in [0.2, 0.25) is 5.91 Å². The number of benzene rings is 3. The predicted molar refractivity (Wildman–Crippen MR) is 106 cm³/mol. The Morgan fingerprint density at radius 1 is 1.07 bits per heavy atom. The fraction of sp³-hybridized carbons (Fsp3) is 0.174. The lowest BCUT2D eigenvalue weighted by Crippen LogP contribution is -2.11. The highest BCUT2D eigenvalue weighted by Crippen LogP contribution is 2.33. The number of primary amides is 1. The Bertz CT molecular complexity index is 1210. The van der Waals surface area contributed by atoms with E-state index < -0.39 is 17.5 Å². The number of amides is 1. The SMILES string of the molecule is CCCc1c[c]c2c3c(C(N)=O)cccc3n(Cc3ccc(F)c(F)c3)c2c1. The van der Waals surface area contributed by atoms with Crippen LogP contribution in [0, 0.1) is 17.7 Å². The Morgan fingerprint density at radius 3 is 2.61 bits per heavy atom. The van der Waals surface area contributed by atoms with Crippen LogP contribution in [0.15, 0.2) is 48.5 Å². The third kappa shape index (κ3) is 3.03. The lowest BCUT2D eigenvalue weighted by molar-refractivity contribution is 0.100. The molecule has 0 saturated heterocycles. The van der Waals surface area contributed by atoms with E-state index in [1.54, 1.807) is 18.2 Å². The number of nitrogens with zero attached hydrogens (tertiary/aromatic N) is 1. The summed E-state index contributed by atoms with van der Waals surface area (Å²) in [5.74, 6) is -2.27. The molecule has 2 N–H and O–H groups in total. The Balaban J connectivity index is 2.00. The van der Waals surface area contributed by atoms with Crippen molar-refractivity contribution in [3.8, 4) is 0 Å². The molecule has 1 heterocycles. The zero-order valence-electron chi connectivity index (χ0n) is 15.4. The zero-order chi connectivity index (χ0) is 19.8. The number of aryl methyl sites for hydroxylation is 1. The van der Waals surface area contributed by atoms with Crippen LogP contribution in [0.25, 0.3) is 21.8 Å². The molecule has 1 radical (unpaired) electrons. The maximum Gasteiger partial charge on any atom is 0.249 e. The minimum atomic E-state index is -0.880. The van der Waals surface area contributed by atoms with Gasteiger partial charge < -0.3 is 10.3 Å². The van der Waals surface area contributed by atoms with Crippen molar-refractivity contribution < 1.29 is 13.6 Å². The molecule has 1 amide bonds. The van der Waals surface area contributed by atoms with Gasteiger partial charge in [0.15, 0.2) is 11.6 Å². The maximum absolute atomic E-state index is 13.7. The second-order valence-electron chi connectivity index (χ2n) is 6.92. The van der Waals surface area contributed by atoms with Gasteiger partial charge in [0.25, 0.3) is 0 Å². The summed E-state index contributed by atoms with van der Waals surface area (Å²) in [4.78, 5) is 12.0. The number of fused-ring (bicyclic) bond motifs is 3. The molecule has 4 rings (SSSR count). The average Bonchev–Trinajstić information content (AvgIpc) is 2.98. The molecule has 0 bridgehead atoms. The first kappa shape index (κ1) is 18.2. The van der Waals surface area contributed by atoms with Crippen molar-refractivity contribution in [3.05, 3.63) is 82.9 Å². The third-order valence-electron chi connectivity index (χ3n) is 4.98. The van der Waals surface area contributed by atoms with Gasteiger partial charge in [-0.1, -0.05) is 31.5 Å². The molecule has 0 atom stereocenters. The standard InChI is InChI=1S/C23H19F2N2O/c1-2-4-14-7-9-16-21(12-14)27(13-15-8-10-18(24)19(25)11-15)20-6-3-5-17(22(16)20)23(26)28/h3,5-8,10-12H,2,4,13H2,1H3,(H2,26,28). The Morgan fingerprint density at radius 2 is 1.89 bits per heavy atom. The van der Waals surface area contributed by atoms with Crippen LogP contribution in [-0.2, 0) is 13.0 Å². The van der Waals surface area contributed by atoms with Crippen LogP contribution < -0.4 is 5.73 Å². The molecule has 0 aliphatic rings. The number of halogens is 2. The number of carbonyl (C=O) groups excluding carboxylic acids is 1. The van der Waals surface area contributed by atoms with E-state index in [1.807, 2.05) is 16.7 Å². The molecule has 4 aromatic rings. The van der Waals surface area contributed by atoms with E-state index in [4.69, 9.17) is 5.73 Å². The first-order chi connectivity index (χ1) is 13.5. The van der Waals surface area contributed by atoms with E-state index in [2.05, 4.69) is 19.1 Å². The van der Waals surface area contributed by atoms with Crippen molar-refractivity contribution >= 4 is 27.7 Å². The average molecular weight is 377 g/mol. The van der Waals surface area contributed by atoms with Gasteiger partial charge in [-0.3, -0.25) is 4.79 Å². The van der Waals surface area contributed by atoms with Gasteiger partial charge in [0.1, 0.15) is 0 Å². The first-order valence-corrected chi connectivity index (χ1v) is 9.19. The fourth-order valence-electron chi connectivity index (χ4n) is 3.73. The monoisotopic (exact) mass is 377 g/mol. The molecule has 3 nitrogen and oxygen atoms in total. The molecule has 0 spiro atoms. The molecule has 1 aromatic heterocycles. The van der Waals surface area contributed by atoms with E-state index in [9.17, 15) is 13.6 Å². The fourth-order valence-corrected chi connectivity index (χ4v) is 3.73. The van der Waals surface area contributed by atoms with Crippen LogP contribution in [0.3, 0.4) is 0 Å². The van der Waals surface area contributed by atoms with Gasteiger partial charge in [-0.2, -0.15) is 0 Å². The number of aromatic nitrogens is 1. The van der Waals surface area contributed by atoms with Gasteiger partial charge in [0, 0.05) is 22.9 Å². The van der Waals surface area contributed by atoms with Crippen molar-refractivity contribution in [2.75, 3.05) is 0 Å². The molecule has 141 valence electrons. The normalized spacial score (nSPS) is 11.4. The highest BCUT2D eigenvalue weighted by molar-refractivity contribution is 6.17. The lowest BCUT2D eigenvalue weighted by atomic mass is 10.0. The summed E-state index contributed by atoms with van der Waals surface area (Å²) in [6.07, 6.45) is 1.90. The molecule has 28 heavy (non-hydrogen) atoms. The summed E-state index contributed by atoms with van der Waals surface area (Å²) in [6.45, 7) is 2.44. The number of hydrogen-bond acceptors (Lipinski definition) is 1. The highest BCUT2D eigenvalue weighted by Gasteiger charge is 2.17. The maximum atomic E-state index is 13.7. The van der Waals surface area contributed by atoms with Crippen molar-refractivity contribution in [1.29, 1.82) is 0 Å². The summed E-state index contributed by atoms with van der Waals surface area (Å²) >= 11 is 0. The van der Waals surface area contributed by atoms with Crippen molar-refractivity contribution in [2.45, 2.75) is 26.3 Å². The largest absolute Gasteiger partial charge is 0.366 e. The molecular weight excluding hydrogens is 358 g/mol. The van der Waals surface area contributed by atoms with E-state index in [1.165, 1.54) is 6.07 Å².